The monoisotopic (exact) mass is 416 g/mol. The van der Waals surface area contributed by atoms with Crippen LogP contribution >= 0.6 is 11.6 Å². The number of amides is 3. The molecule has 0 saturated carbocycles. The van der Waals surface area contributed by atoms with Gasteiger partial charge in [-0.05, 0) is 29.8 Å². The van der Waals surface area contributed by atoms with E-state index in [2.05, 4.69) is 5.32 Å². The molecule has 0 unspecified atom stereocenters. The van der Waals surface area contributed by atoms with Gasteiger partial charge in [0.25, 0.3) is 5.91 Å². The van der Waals surface area contributed by atoms with Crippen molar-refractivity contribution in [2.24, 2.45) is 0 Å². The molecule has 1 heterocycles. The molecule has 0 aromatic heterocycles. The molecule has 0 atom stereocenters. The van der Waals surface area contributed by atoms with Gasteiger partial charge in [-0.25, -0.2) is 9.69 Å². The Balaban J connectivity index is 1.77. The maximum atomic E-state index is 12.2. The third-order valence-corrected chi connectivity index (χ3v) is 4.46. The van der Waals surface area contributed by atoms with Crippen LogP contribution in [0.2, 0.25) is 5.02 Å². The predicted octanol–water partition coefficient (Wildman–Crippen LogP) is 2.90. The number of aliphatic carboxylic acids is 1. The summed E-state index contributed by atoms with van der Waals surface area (Å²) in [6, 6.07) is 11.5. The van der Waals surface area contributed by atoms with E-state index in [0.717, 1.165) is 5.56 Å². The van der Waals surface area contributed by atoms with Crippen LogP contribution in [0.4, 0.5) is 4.79 Å². The van der Waals surface area contributed by atoms with Crippen LogP contribution in [0.5, 0.6) is 11.5 Å². The minimum atomic E-state index is -1.28. The third kappa shape index (κ3) is 4.67. The van der Waals surface area contributed by atoms with E-state index < -0.39 is 24.5 Å². The van der Waals surface area contributed by atoms with Crippen LogP contribution in [0.25, 0.3) is 6.08 Å². The molecular formula is C20H17ClN2O6. The number of hydrogen-bond acceptors (Lipinski definition) is 5. The van der Waals surface area contributed by atoms with E-state index in [9.17, 15) is 14.4 Å². The van der Waals surface area contributed by atoms with E-state index in [-0.39, 0.29) is 12.3 Å². The summed E-state index contributed by atoms with van der Waals surface area (Å²) in [4.78, 5) is 35.4. The average molecular weight is 417 g/mol. The van der Waals surface area contributed by atoms with E-state index in [0.29, 0.717) is 27.0 Å². The Morgan fingerprint density at radius 2 is 1.97 bits per heavy atom. The minimum Gasteiger partial charge on any atom is -0.493 e. The molecule has 2 aromatic rings. The number of ether oxygens (including phenoxy) is 2. The number of hydrogen-bond donors (Lipinski definition) is 2. The molecule has 0 radical (unpaired) electrons. The van der Waals surface area contributed by atoms with Gasteiger partial charge in [0.2, 0.25) is 0 Å². The molecule has 0 bridgehead atoms. The van der Waals surface area contributed by atoms with Gasteiger partial charge in [0.05, 0.1) is 7.11 Å². The Labute approximate surface area is 171 Å². The number of carboxylic acid groups (broad SMARTS) is 1. The summed E-state index contributed by atoms with van der Waals surface area (Å²) in [6.07, 6.45) is 1.43. The molecule has 3 amide bonds. The first-order chi connectivity index (χ1) is 13.9. The van der Waals surface area contributed by atoms with Gasteiger partial charge >= 0.3 is 12.0 Å². The molecule has 0 aliphatic carbocycles. The maximum absolute atomic E-state index is 12.2. The van der Waals surface area contributed by atoms with E-state index in [4.69, 9.17) is 26.2 Å². The molecule has 1 aliphatic heterocycles. The lowest BCUT2D eigenvalue weighted by Gasteiger charge is -2.12. The lowest BCUT2D eigenvalue weighted by Crippen LogP contribution is -2.35. The Hall–Kier alpha value is -3.52. The summed E-state index contributed by atoms with van der Waals surface area (Å²) in [5, 5.41) is 11.8. The van der Waals surface area contributed by atoms with Gasteiger partial charge in [-0.1, -0.05) is 35.9 Å². The molecule has 29 heavy (non-hydrogen) atoms. The molecule has 9 heteroatoms. The first-order valence-corrected chi connectivity index (χ1v) is 8.87. The van der Waals surface area contributed by atoms with Crippen LogP contribution in [0.15, 0.2) is 48.2 Å². The molecule has 2 aromatic carbocycles. The number of carbonyl (C=O) groups excluding carboxylic acids is 2. The summed E-state index contributed by atoms with van der Waals surface area (Å²) >= 11 is 6.13. The van der Waals surface area contributed by atoms with E-state index >= 15 is 0 Å². The molecular weight excluding hydrogens is 400 g/mol. The molecule has 1 saturated heterocycles. The Kier molecular flexibility index (Phi) is 6.04. The normalized spacial score (nSPS) is 14.8. The van der Waals surface area contributed by atoms with Crippen LogP contribution in [0, 0.1) is 0 Å². The standard InChI is InChI=1S/C20H17ClN2O6/c1-28-17-9-12(8-15-19(26)23(10-18(24)25)20(27)22-15)6-7-16(17)29-11-13-4-2-3-5-14(13)21/h2-9H,10-11H2,1H3,(H,22,27)(H,24,25)/b15-8+. The second kappa shape index (κ2) is 8.66. The van der Waals surface area contributed by atoms with Crippen molar-refractivity contribution in [3.05, 3.63) is 64.3 Å². The summed E-state index contributed by atoms with van der Waals surface area (Å²) in [7, 11) is 1.48. The molecule has 1 fully saturated rings. The molecule has 1 aliphatic rings. The number of nitrogens with zero attached hydrogens (tertiary/aromatic N) is 1. The highest BCUT2D eigenvalue weighted by Gasteiger charge is 2.34. The van der Waals surface area contributed by atoms with Gasteiger partial charge in [0, 0.05) is 10.6 Å². The second-order valence-electron chi connectivity index (χ2n) is 6.06. The zero-order valence-corrected chi connectivity index (χ0v) is 16.1. The number of imide groups is 1. The van der Waals surface area contributed by atoms with E-state index in [1.165, 1.54) is 13.2 Å². The van der Waals surface area contributed by atoms with Crippen molar-refractivity contribution in [3.63, 3.8) is 0 Å². The van der Waals surface area contributed by atoms with E-state index in [1.54, 1.807) is 24.3 Å². The number of nitrogens with one attached hydrogen (secondary N) is 1. The molecule has 8 nitrogen and oxygen atoms in total. The smallest absolute Gasteiger partial charge is 0.329 e. The molecule has 3 rings (SSSR count). The minimum absolute atomic E-state index is 0.0250. The van der Waals surface area contributed by atoms with Gasteiger partial charge in [-0.2, -0.15) is 0 Å². The summed E-state index contributed by atoms with van der Waals surface area (Å²) in [6.45, 7) is -0.463. The lowest BCUT2D eigenvalue weighted by molar-refractivity contribution is -0.140. The SMILES string of the molecule is COc1cc(/C=C2/NC(=O)N(CC(=O)O)C2=O)ccc1OCc1ccccc1Cl. The summed E-state index contributed by atoms with van der Waals surface area (Å²) in [5.41, 5.74) is 1.36. The number of benzene rings is 2. The van der Waals surface area contributed by atoms with Gasteiger partial charge in [0.1, 0.15) is 18.8 Å². The number of carboxylic acids is 1. The number of methoxy groups -OCH3 is 1. The molecule has 2 N–H and O–H groups in total. The first-order valence-electron chi connectivity index (χ1n) is 8.49. The van der Waals surface area contributed by atoms with Crippen molar-refractivity contribution in [1.29, 1.82) is 0 Å². The predicted molar refractivity (Wildman–Crippen MR) is 105 cm³/mol. The quantitative estimate of drug-likeness (QED) is 0.531. The first kappa shape index (κ1) is 20.2. The highest BCUT2D eigenvalue weighted by atomic mass is 35.5. The van der Waals surface area contributed by atoms with Crippen molar-refractivity contribution in [2.75, 3.05) is 13.7 Å². The maximum Gasteiger partial charge on any atom is 0.329 e. The van der Waals surface area contributed by atoms with Crippen LogP contribution in [0.1, 0.15) is 11.1 Å². The van der Waals surface area contributed by atoms with Crippen molar-refractivity contribution >= 4 is 35.6 Å². The van der Waals surface area contributed by atoms with Gasteiger partial charge in [0.15, 0.2) is 11.5 Å². The van der Waals surface area contributed by atoms with Crippen LogP contribution < -0.4 is 14.8 Å². The zero-order chi connectivity index (χ0) is 21.0. The zero-order valence-electron chi connectivity index (χ0n) is 15.3. The highest BCUT2D eigenvalue weighted by molar-refractivity contribution is 6.31. The lowest BCUT2D eigenvalue weighted by atomic mass is 10.1. The van der Waals surface area contributed by atoms with Crippen molar-refractivity contribution < 1.29 is 29.0 Å². The topological polar surface area (TPSA) is 105 Å². The van der Waals surface area contributed by atoms with Gasteiger partial charge in [-0.15, -0.1) is 0 Å². The third-order valence-electron chi connectivity index (χ3n) is 4.10. The second-order valence-corrected chi connectivity index (χ2v) is 6.47. The Morgan fingerprint density at radius 1 is 1.21 bits per heavy atom. The Morgan fingerprint density at radius 3 is 2.66 bits per heavy atom. The number of urea groups is 1. The summed E-state index contributed by atoms with van der Waals surface area (Å²) in [5.74, 6) is -1.10. The van der Waals surface area contributed by atoms with Crippen molar-refractivity contribution in [2.45, 2.75) is 6.61 Å². The van der Waals surface area contributed by atoms with Crippen LogP contribution in [-0.2, 0) is 16.2 Å². The van der Waals surface area contributed by atoms with Gasteiger partial charge in [-0.3, -0.25) is 9.59 Å². The number of carbonyl (C=O) groups is 3. The molecule has 0 spiro atoms. The fourth-order valence-electron chi connectivity index (χ4n) is 2.68. The number of halogens is 1. The summed E-state index contributed by atoms with van der Waals surface area (Å²) < 4.78 is 11.1. The van der Waals surface area contributed by atoms with Crippen LogP contribution in [0.3, 0.4) is 0 Å². The fourth-order valence-corrected chi connectivity index (χ4v) is 2.87. The van der Waals surface area contributed by atoms with Crippen molar-refractivity contribution in [3.8, 4) is 11.5 Å². The average Bonchev–Trinajstić information content (AvgIpc) is 2.95. The van der Waals surface area contributed by atoms with E-state index in [1.807, 2.05) is 18.2 Å². The van der Waals surface area contributed by atoms with Gasteiger partial charge < -0.3 is 19.9 Å². The number of rotatable bonds is 7. The van der Waals surface area contributed by atoms with Crippen LogP contribution in [-0.4, -0.2) is 41.6 Å². The Bertz CT molecular complexity index is 1000. The molecule has 150 valence electrons. The fraction of sp³-hybridized carbons (Fsp3) is 0.150. The largest absolute Gasteiger partial charge is 0.493 e. The van der Waals surface area contributed by atoms with Crippen molar-refractivity contribution in [1.82, 2.24) is 10.2 Å². The highest BCUT2D eigenvalue weighted by Crippen LogP contribution is 2.30.